The molecule has 4 rings (SSSR count). The number of methoxy groups -OCH3 is 1. The highest BCUT2D eigenvalue weighted by Gasteiger charge is 2.37. The molecule has 0 aliphatic carbocycles. The number of carbonyl (C=O) groups is 1. The van der Waals surface area contributed by atoms with Gasteiger partial charge in [0, 0.05) is 18.0 Å². The molecule has 8 nitrogen and oxygen atoms in total. The summed E-state index contributed by atoms with van der Waals surface area (Å²) in [5.74, 6) is 6.14. The van der Waals surface area contributed by atoms with Crippen molar-refractivity contribution in [3.8, 4) is 11.4 Å². The molecule has 0 saturated carbocycles. The van der Waals surface area contributed by atoms with E-state index in [9.17, 15) is 18.0 Å². The number of imidazole rings is 1. The van der Waals surface area contributed by atoms with Gasteiger partial charge in [-0.2, -0.15) is 13.2 Å². The fourth-order valence-electron chi connectivity index (χ4n) is 4.40. The number of aryl methyl sites for hydroxylation is 1. The zero-order valence-electron chi connectivity index (χ0n) is 19.8. The molecule has 2 aromatic carbocycles. The first kappa shape index (κ1) is 25.1. The fraction of sp³-hybridized carbons (Fsp3) is 0.280. The van der Waals surface area contributed by atoms with Gasteiger partial charge < -0.3 is 25.4 Å². The number of nitrogens with one attached hydrogen (secondary N) is 1. The summed E-state index contributed by atoms with van der Waals surface area (Å²) in [6.45, 7) is 1.87. The van der Waals surface area contributed by atoms with Gasteiger partial charge in [0.25, 0.3) is 5.91 Å². The van der Waals surface area contributed by atoms with Crippen LogP contribution in [0.15, 0.2) is 66.4 Å². The van der Waals surface area contributed by atoms with Gasteiger partial charge in [-0.05, 0) is 49.9 Å². The lowest BCUT2D eigenvalue weighted by Crippen LogP contribution is -2.41. The van der Waals surface area contributed by atoms with Crippen molar-refractivity contribution in [2.24, 2.45) is 11.6 Å². The number of anilines is 1. The number of hydrogen-bond acceptors (Lipinski definition) is 6. The number of piperidine rings is 1. The smallest absolute Gasteiger partial charge is 0.416 e. The number of benzene rings is 2. The summed E-state index contributed by atoms with van der Waals surface area (Å²) < 4.78 is 48.0. The van der Waals surface area contributed by atoms with Gasteiger partial charge in [0.2, 0.25) is 0 Å². The normalized spacial score (nSPS) is 17.6. The second kappa shape index (κ2) is 9.94. The molecule has 1 aliphatic rings. The molecule has 3 aromatic rings. The molecule has 1 aromatic heterocycles. The third-order valence-electron chi connectivity index (χ3n) is 6.15. The average Bonchev–Trinajstić information content (AvgIpc) is 3.29. The molecular formula is C25H27F3N6O2. The van der Waals surface area contributed by atoms with Gasteiger partial charge >= 0.3 is 6.18 Å². The molecule has 11 heteroatoms. The van der Waals surface area contributed by atoms with E-state index in [4.69, 9.17) is 16.3 Å². The molecule has 0 bridgehead atoms. The summed E-state index contributed by atoms with van der Waals surface area (Å²) >= 11 is 0. The van der Waals surface area contributed by atoms with Crippen LogP contribution in [0.4, 0.5) is 18.9 Å². The quantitative estimate of drug-likeness (QED) is 0.353. The maximum atomic E-state index is 13.6. The number of aromatic nitrogens is 2. The zero-order valence-corrected chi connectivity index (χ0v) is 19.8. The van der Waals surface area contributed by atoms with E-state index in [1.54, 1.807) is 29.1 Å². The maximum Gasteiger partial charge on any atom is 0.416 e. The predicted octanol–water partition coefficient (Wildman–Crippen LogP) is 4.42. The van der Waals surface area contributed by atoms with Crippen molar-refractivity contribution >= 4 is 11.6 Å². The Balaban J connectivity index is 1.58. The van der Waals surface area contributed by atoms with Gasteiger partial charge in [0.1, 0.15) is 11.4 Å². The number of rotatable bonds is 5. The molecule has 0 radical (unpaired) electrons. The Bertz CT molecular complexity index is 1300. The monoisotopic (exact) mass is 500 g/mol. The van der Waals surface area contributed by atoms with Crippen molar-refractivity contribution in [1.29, 1.82) is 0 Å². The highest BCUT2D eigenvalue weighted by molar-refractivity contribution is 6.03. The molecule has 190 valence electrons. The summed E-state index contributed by atoms with van der Waals surface area (Å²) in [7, 11) is 1.51. The molecule has 1 atom stereocenters. The highest BCUT2D eigenvalue weighted by atomic mass is 19.4. The third kappa shape index (κ3) is 5.01. The number of allylic oxidation sites excluding steroid dienone is 1. The maximum absolute atomic E-state index is 13.6. The SMILES string of the molecule is COc1cc(NC(=O)/C(N)=C2\CCCC(c3ccccc3C(F)(F)F)N2N)ccc1-n1cnc(C)c1. The Labute approximate surface area is 206 Å². The van der Waals surface area contributed by atoms with Crippen molar-refractivity contribution in [1.82, 2.24) is 14.6 Å². The van der Waals surface area contributed by atoms with Crippen LogP contribution in [0.5, 0.6) is 5.75 Å². The largest absolute Gasteiger partial charge is 0.494 e. The third-order valence-corrected chi connectivity index (χ3v) is 6.15. The highest BCUT2D eigenvalue weighted by Crippen LogP contribution is 2.41. The van der Waals surface area contributed by atoms with E-state index in [1.807, 2.05) is 13.1 Å². The van der Waals surface area contributed by atoms with Crippen LogP contribution in [0.3, 0.4) is 0 Å². The molecule has 36 heavy (non-hydrogen) atoms. The van der Waals surface area contributed by atoms with E-state index in [-0.39, 0.29) is 11.3 Å². The van der Waals surface area contributed by atoms with E-state index < -0.39 is 23.7 Å². The molecule has 1 fully saturated rings. The van der Waals surface area contributed by atoms with Crippen LogP contribution < -0.4 is 21.6 Å². The molecular weight excluding hydrogens is 473 g/mol. The first-order chi connectivity index (χ1) is 17.1. The van der Waals surface area contributed by atoms with Crippen LogP contribution in [0.2, 0.25) is 0 Å². The lowest BCUT2D eigenvalue weighted by molar-refractivity contribution is -0.138. The van der Waals surface area contributed by atoms with E-state index >= 15 is 0 Å². The Kier molecular flexibility index (Phi) is 6.93. The van der Waals surface area contributed by atoms with Gasteiger partial charge in [-0.25, -0.2) is 10.8 Å². The molecule has 1 unspecified atom stereocenters. The number of nitrogens with zero attached hydrogens (tertiary/aromatic N) is 3. The molecule has 1 amide bonds. The van der Waals surface area contributed by atoms with Crippen molar-refractivity contribution in [2.45, 2.75) is 38.4 Å². The van der Waals surface area contributed by atoms with Crippen LogP contribution in [-0.2, 0) is 11.0 Å². The van der Waals surface area contributed by atoms with Gasteiger partial charge in [0.15, 0.2) is 0 Å². The van der Waals surface area contributed by atoms with Crippen LogP contribution in [0.25, 0.3) is 5.69 Å². The molecule has 1 saturated heterocycles. The minimum absolute atomic E-state index is 0.0490. The number of nitrogens with two attached hydrogens (primary N) is 2. The second-order valence-corrected chi connectivity index (χ2v) is 8.52. The van der Waals surface area contributed by atoms with E-state index in [1.165, 1.54) is 30.3 Å². The number of amides is 1. The summed E-state index contributed by atoms with van der Waals surface area (Å²) in [5, 5.41) is 3.91. The summed E-state index contributed by atoms with van der Waals surface area (Å²) in [4.78, 5) is 17.2. The van der Waals surface area contributed by atoms with Crippen LogP contribution in [0.1, 0.15) is 42.1 Å². The Morgan fingerprint density at radius 1 is 1.22 bits per heavy atom. The summed E-state index contributed by atoms with van der Waals surface area (Å²) in [5.41, 5.74) is 7.60. The lowest BCUT2D eigenvalue weighted by Gasteiger charge is -2.37. The van der Waals surface area contributed by atoms with Gasteiger partial charge in [-0.15, -0.1) is 0 Å². The van der Waals surface area contributed by atoms with Crippen molar-refractivity contribution < 1.29 is 22.7 Å². The van der Waals surface area contributed by atoms with Crippen molar-refractivity contribution in [3.05, 3.63) is 83.2 Å². The summed E-state index contributed by atoms with van der Waals surface area (Å²) in [6.07, 6.45) is 0.255. The first-order valence-corrected chi connectivity index (χ1v) is 11.3. The van der Waals surface area contributed by atoms with Crippen LogP contribution >= 0.6 is 0 Å². The lowest BCUT2D eigenvalue weighted by atomic mass is 9.91. The molecule has 2 heterocycles. The number of hydrogen-bond donors (Lipinski definition) is 3. The van der Waals surface area contributed by atoms with Crippen LogP contribution in [0, 0.1) is 6.92 Å². The first-order valence-electron chi connectivity index (χ1n) is 11.3. The predicted molar refractivity (Wildman–Crippen MR) is 129 cm³/mol. The minimum atomic E-state index is -4.53. The number of alkyl halides is 3. The Morgan fingerprint density at radius 2 is 1.97 bits per heavy atom. The minimum Gasteiger partial charge on any atom is -0.494 e. The van der Waals surface area contributed by atoms with Gasteiger partial charge in [0.05, 0.1) is 42.1 Å². The number of halogens is 3. The van der Waals surface area contributed by atoms with E-state index in [0.29, 0.717) is 36.4 Å². The molecule has 0 spiro atoms. The number of hydrazine groups is 1. The van der Waals surface area contributed by atoms with E-state index in [2.05, 4.69) is 10.3 Å². The Morgan fingerprint density at radius 3 is 2.64 bits per heavy atom. The average molecular weight is 501 g/mol. The van der Waals surface area contributed by atoms with Crippen LogP contribution in [-0.4, -0.2) is 27.6 Å². The van der Waals surface area contributed by atoms with E-state index in [0.717, 1.165) is 17.4 Å². The van der Waals surface area contributed by atoms with Gasteiger partial charge in [-0.1, -0.05) is 18.2 Å². The topological polar surface area (TPSA) is 111 Å². The van der Waals surface area contributed by atoms with Gasteiger partial charge in [-0.3, -0.25) is 4.79 Å². The molecule has 5 N–H and O–H groups in total. The zero-order chi connectivity index (χ0) is 26.0. The number of ether oxygens (including phenoxy) is 1. The van der Waals surface area contributed by atoms with Crippen molar-refractivity contribution in [2.75, 3.05) is 12.4 Å². The second-order valence-electron chi connectivity index (χ2n) is 8.52. The standard InChI is InChI=1S/C25H27F3N6O2/c1-15-13-33(14-31-15)20-11-10-16(12-22(20)36-2)32-24(35)23(29)21-9-5-8-19(34(21)30)17-6-3-4-7-18(17)25(26,27)28/h3-4,6-7,10-14,19H,5,8-9,29-30H2,1-2H3,(H,32,35)/b23-21-. The summed E-state index contributed by atoms with van der Waals surface area (Å²) in [6, 6.07) is 9.63. The van der Waals surface area contributed by atoms with Crippen molar-refractivity contribution in [3.63, 3.8) is 0 Å². The Hall–Kier alpha value is -3.99. The fourth-order valence-corrected chi connectivity index (χ4v) is 4.40. The molecule has 1 aliphatic heterocycles. The number of carbonyl (C=O) groups excluding carboxylic acids is 1.